The molecule has 0 spiro atoms. The molecule has 1 aliphatic heterocycles. The third-order valence-electron chi connectivity index (χ3n) is 7.22. The van der Waals surface area contributed by atoms with Crippen molar-refractivity contribution < 1.29 is 27.8 Å². The number of halogens is 1. The van der Waals surface area contributed by atoms with Gasteiger partial charge in [0, 0.05) is 18.8 Å². The van der Waals surface area contributed by atoms with Crippen LogP contribution in [-0.2, 0) is 26.4 Å². The Kier molecular flexibility index (Phi) is 7.74. The molecule has 13 heteroatoms. The first-order valence-electron chi connectivity index (χ1n) is 13.0. The molecule has 0 radical (unpaired) electrons. The van der Waals surface area contributed by atoms with E-state index >= 15 is 0 Å². The first-order valence-corrected chi connectivity index (χ1v) is 13.0. The van der Waals surface area contributed by atoms with Crippen molar-refractivity contribution in [3.63, 3.8) is 0 Å². The molecule has 1 aliphatic rings. The predicted molar refractivity (Wildman–Crippen MR) is 145 cm³/mol. The molecule has 41 heavy (non-hydrogen) atoms. The Morgan fingerprint density at radius 1 is 1.22 bits per heavy atom. The predicted octanol–water partition coefficient (Wildman–Crippen LogP) is 2.52. The van der Waals surface area contributed by atoms with Crippen LogP contribution in [0.3, 0.4) is 0 Å². The van der Waals surface area contributed by atoms with E-state index < -0.39 is 34.6 Å². The Hall–Kier alpha value is -4.36. The second-order valence-electron chi connectivity index (χ2n) is 10.2. The standard InChI is InChI=1S/C28H30FN5O7/c1-28(2,26(30)36)34-25(35)23-20(6-5-19(32-23)24-31-10-13-40-24)33(27(34)37)15-22(41-17-8-11-39-12-9-17)18-14-16(29)4-7-21(18)38-3/h4-7,10,13-14,17,22H,8-9,11-12,15H2,1-3H3,(H2,30,36)/t22-/m0/s1. The molecule has 5 rings (SSSR count). The van der Waals surface area contributed by atoms with Crippen molar-refractivity contribution in [2.24, 2.45) is 5.73 Å². The molecule has 4 aromatic rings. The van der Waals surface area contributed by atoms with Crippen LogP contribution in [0.2, 0.25) is 0 Å². The van der Waals surface area contributed by atoms with Crippen molar-refractivity contribution in [2.45, 2.75) is 51.0 Å². The van der Waals surface area contributed by atoms with Gasteiger partial charge in [0.15, 0.2) is 5.52 Å². The zero-order valence-corrected chi connectivity index (χ0v) is 22.8. The number of rotatable bonds is 9. The van der Waals surface area contributed by atoms with Crippen LogP contribution < -0.4 is 21.7 Å². The number of carbonyl (C=O) groups is 1. The van der Waals surface area contributed by atoms with Crippen LogP contribution in [0.25, 0.3) is 22.6 Å². The molecule has 0 saturated carbocycles. The van der Waals surface area contributed by atoms with Gasteiger partial charge in [0.25, 0.3) is 5.56 Å². The highest BCUT2D eigenvalue weighted by atomic mass is 19.1. The molecule has 1 atom stereocenters. The lowest BCUT2D eigenvalue weighted by molar-refractivity contribution is -0.125. The number of hydrogen-bond acceptors (Lipinski definition) is 9. The Morgan fingerprint density at radius 3 is 2.63 bits per heavy atom. The number of nitrogens with zero attached hydrogens (tertiary/aromatic N) is 4. The van der Waals surface area contributed by atoms with E-state index in [1.54, 1.807) is 12.1 Å². The third kappa shape index (κ3) is 5.37. The maximum absolute atomic E-state index is 14.5. The highest BCUT2D eigenvalue weighted by Gasteiger charge is 2.34. The molecule has 1 aromatic carbocycles. The van der Waals surface area contributed by atoms with Gasteiger partial charge in [-0.05, 0) is 57.0 Å². The van der Waals surface area contributed by atoms with Crippen molar-refractivity contribution in [1.82, 2.24) is 19.1 Å². The maximum atomic E-state index is 14.5. The number of ether oxygens (including phenoxy) is 3. The number of nitrogens with two attached hydrogens (primary N) is 1. The first kappa shape index (κ1) is 28.2. The normalized spacial score (nSPS) is 15.2. The van der Waals surface area contributed by atoms with Crippen molar-refractivity contribution in [3.05, 3.63) is 75.0 Å². The average Bonchev–Trinajstić information content (AvgIpc) is 3.50. The maximum Gasteiger partial charge on any atom is 0.332 e. The minimum atomic E-state index is -1.71. The van der Waals surface area contributed by atoms with Crippen LogP contribution in [0.4, 0.5) is 4.39 Å². The number of fused-ring (bicyclic) bond motifs is 1. The molecule has 2 N–H and O–H groups in total. The van der Waals surface area contributed by atoms with Gasteiger partial charge < -0.3 is 24.4 Å². The van der Waals surface area contributed by atoms with E-state index in [0.29, 0.717) is 37.4 Å². The van der Waals surface area contributed by atoms with Gasteiger partial charge in [-0.1, -0.05) is 0 Å². The summed E-state index contributed by atoms with van der Waals surface area (Å²) in [7, 11) is 1.45. The lowest BCUT2D eigenvalue weighted by atomic mass is 10.0. The van der Waals surface area contributed by atoms with Gasteiger partial charge in [-0.3, -0.25) is 14.2 Å². The summed E-state index contributed by atoms with van der Waals surface area (Å²) in [5.41, 5.74) is 2.95. The Bertz CT molecular complexity index is 1690. The molecule has 3 aromatic heterocycles. The molecular weight excluding hydrogens is 537 g/mol. The average molecular weight is 568 g/mol. The highest BCUT2D eigenvalue weighted by molar-refractivity contribution is 5.83. The van der Waals surface area contributed by atoms with Gasteiger partial charge in [0.2, 0.25) is 11.8 Å². The van der Waals surface area contributed by atoms with E-state index in [1.165, 1.54) is 56.2 Å². The molecule has 216 valence electrons. The summed E-state index contributed by atoms with van der Waals surface area (Å²) >= 11 is 0. The Labute approximate surface area is 233 Å². The number of methoxy groups -OCH3 is 1. The number of hydrogen-bond donors (Lipinski definition) is 1. The zero-order valence-electron chi connectivity index (χ0n) is 22.8. The monoisotopic (exact) mass is 567 g/mol. The fourth-order valence-electron chi connectivity index (χ4n) is 4.87. The molecule has 1 amide bonds. The van der Waals surface area contributed by atoms with E-state index in [9.17, 15) is 18.8 Å². The number of amides is 1. The first-order chi connectivity index (χ1) is 19.6. The summed E-state index contributed by atoms with van der Waals surface area (Å²) in [5.74, 6) is -0.894. The zero-order chi connectivity index (χ0) is 29.3. The quantitative estimate of drug-likeness (QED) is 0.321. The number of benzene rings is 1. The van der Waals surface area contributed by atoms with Crippen molar-refractivity contribution in [3.8, 4) is 17.3 Å². The van der Waals surface area contributed by atoms with Gasteiger partial charge in [-0.15, -0.1) is 0 Å². The summed E-state index contributed by atoms with van der Waals surface area (Å²) in [4.78, 5) is 48.7. The van der Waals surface area contributed by atoms with Crippen LogP contribution in [-0.4, -0.2) is 51.4 Å². The minimum Gasteiger partial charge on any atom is -0.496 e. The molecular formula is C28H30FN5O7. The summed E-state index contributed by atoms with van der Waals surface area (Å²) in [6, 6.07) is 7.13. The van der Waals surface area contributed by atoms with Crippen molar-refractivity contribution >= 4 is 16.9 Å². The van der Waals surface area contributed by atoms with Crippen LogP contribution in [0.5, 0.6) is 5.75 Å². The number of oxazole rings is 1. The molecule has 0 unspecified atom stereocenters. The summed E-state index contributed by atoms with van der Waals surface area (Å²) in [5, 5.41) is 0. The van der Waals surface area contributed by atoms with E-state index in [0.717, 1.165) is 4.57 Å². The molecule has 1 saturated heterocycles. The SMILES string of the molecule is COc1ccc(F)cc1[C@H](Cn1c(=O)n(C(C)(C)C(N)=O)c(=O)c2nc(-c3ncco3)ccc21)OC1CCOCC1. The largest absolute Gasteiger partial charge is 0.496 e. The van der Waals surface area contributed by atoms with Gasteiger partial charge in [-0.25, -0.2) is 23.7 Å². The van der Waals surface area contributed by atoms with E-state index in [-0.39, 0.29) is 35.3 Å². The highest BCUT2D eigenvalue weighted by Crippen LogP contribution is 2.33. The number of primary amides is 1. The van der Waals surface area contributed by atoms with E-state index in [4.69, 9.17) is 24.4 Å². The molecule has 0 aliphatic carbocycles. The third-order valence-corrected chi connectivity index (χ3v) is 7.22. The van der Waals surface area contributed by atoms with E-state index in [2.05, 4.69) is 9.97 Å². The summed E-state index contributed by atoms with van der Waals surface area (Å²) in [6.45, 7) is 3.56. The van der Waals surface area contributed by atoms with Crippen LogP contribution in [0, 0.1) is 5.82 Å². The fraction of sp³-hybridized carbons (Fsp3) is 0.393. The van der Waals surface area contributed by atoms with E-state index in [1.807, 2.05) is 0 Å². The van der Waals surface area contributed by atoms with Crippen molar-refractivity contribution in [1.29, 1.82) is 0 Å². The number of pyridine rings is 1. The van der Waals surface area contributed by atoms with Gasteiger partial charge in [0.1, 0.15) is 35.2 Å². The molecule has 4 heterocycles. The topological polar surface area (TPSA) is 154 Å². The summed E-state index contributed by atoms with van der Waals surface area (Å²) < 4.78 is 39.3. The van der Waals surface area contributed by atoms with Crippen LogP contribution in [0.1, 0.15) is 38.4 Å². The summed E-state index contributed by atoms with van der Waals surface area (Å²) in [6.07, 6.45) is 2.85. The van der Waals surface area contributed by atoms with Crippen LogP contribution >= 0.6 is 0 Å². The lowest BCUT2D eigenvalue weighted by Crippen LogP contribution is -2.55. The fourth-order valence-corrected chi connectivity index (χ4v) is 4.87. The molecule has 0 bridgehead atoms. The number of aromatic nitrogens is 4. The molecule has 1 fully saturated rings. The number of carbonyl (C=O) groups excluding carboxylic acids is 1. The second kappa shape index (κ2) is 11.3. The van der Waals surface area contributed by atoms with Gasteiger partial charge in [0.05, 0.1) is 31.5 Å². The smallest absolute Gasteiger partial charge is 0.332 e. The molecule has 12 nitrogen and oxygen atoms in total. The van der Waals surface area contributed by atoms with Crippen LogP contribution in [0.15, 0.2) is 56.8 Å². The minimum absolute atomic E-state index is 0.120. The van der Waals surface area contributed by atoms with Crippen molar-refractivity contribution in [2.75, 3.05) is 20.3 Å². The van der Waals surface area contributed by atoms with Gasteiger partial charge >= 0.3 is 5.69 Å². The van der Waals surface area contributed by atoms with Gasteiger partial charge in [-0.2, -0.15) is 0 Å². The Balaban J connectivity index is 1.74. The lowest BCUT2D eigenvalue weighted by Gasteiger charge is -2.30. The Morgan fingerprint density at radius 2 is 1.98 bits per heavy atom. The second-order valence-corrected chi connectivity index (χ2v) is 10.2.